The fourth-order valence-electron chi connectivity index (χ4n) is 3.05. The summed E-state index contributed by atoms with van der Waals surface area (Å²) < 4.78 is 13.7. The Morgan fingerprint density at radius 2 is 1.89 bits per heavy atom. The summed E-state index contributed by atoms with van der Waals surface area (Å²) in [5.74, 6) is 1.23. The number of rotatable bonds is 3. The van der Waals surface area contributed by atoms with Crippen LogP contribution in [0.5, 0.6) is 0 Å². The van der Waals surface area contributed by atoms with Gasteiger partial charge in [0.25, 0.3) is 0 Å². The third-order valence-corrected chi connectivity index (χ3v) is 4.08. The van der Waals surface area contributed by atoms with E-state index in [9.17, 15) is 4.39 Å². The normalized spacial score (nSPS) is 28.3. The monoisotopic (exact) mass is 269 g/mol. The maximum atomic E-state index is 13.7. The summed E-state index contributed by atoms with van der Waals surface area (Å²) in [7, 11) is 0. The first-order chi connectivity index (χ1) is 8.56. The molecular formula is C15H21ClFN. The molecule has 2 atom stereocenters. The molecule has 1 aliphatic rings. The lowest BCUT2D eigenvalue weighted by Gasteiger charge is -2.32. The molecule has 1 saturated carbocycles. The quantitative estimate of drug-likeness (QED) is 0.858. The summed E-state index contributed by atoms with van der Waals surface area (Å²) in [5.41, 5.74) is 0.661. The Labute approximate surface area is 114 Å². The van der Waals surface area contributed by atoms with E-state index >= 15 is 0 Å². The highest BCUT2D eigenvalue weighted by Crippen LogP contribution is 2.28. The molecule has 100 valence electrons. The number of halogens is 2. The molecule has 0 spiro atoms. The van der Waals surface area contributed by atoms with E-state index in [1.54, 1.807) is 18.2 Å². The van der Waals surface area contributed by atoms with Crippen molar-refractivity contribution in [1.29, 1.82) is 0 Å². The van der Waals surface area contributed by atoms with Crippen molar-refractivity contribution >= 4 is 11.6 Å². The van der Waals surface area contributed by atoms with Crippen molar-refractivity contribution in [2.24, 2.45) is 11.8 Å². The zero-order valence-corrected chi connectivity index (χ0v) is 11.8. The van der Waals surface area contributed by atoms with Crippen molar-refractivity contribution < 1.29 is 4.39 Å². The Hall–Kier alpha value is -0.600. The molecule has 0 heterocycles. The number of benzene rings is 1. The Bertz CT molecular complexity index is 397. The molecule has 18 heavy (non-hydrogen) atoms. The smallest absolute Gasteiger partial charge is 0.146 e. The second kappa shape index (κ2) is 6.03. The van der Waals surface area contributed by atoms with Gasteiger partial charge in [0, 0.05) is 18.2 Å². The Kier molecular flexibility index (Phi) is 4.63. The zero-order valence-electron chi connectivity index (χ0n) is 11.0. The van der Waals surface area contributed by atoms with Crippen LogP contribution < -0.4 is 5.32 Å². The second-order valence-corrected chi connectivity index (χ2v) is 6.12. The van der Waals surface area contributed by atoms with Crippen molar-refractivity contribution in [3.8, 4) is 0 Å². The Balaban J connectivity index is 1.93. The van der Waals surface area contributed by atoms with Gasteiger partial charge >= 0.3 is 0 Å². The molecule has 1 aromatic carbocycles. The lowest BCUT2D eigenvalue weighted by molar-refractivity contribution is 0.237. The average Bonchev–Trinajstić information content (AvgIpc) is 2.30. The van der Waals surface area contributed by atoms with Crippen molar-refractivity contribution in [3.05, 3.63) is 34.6 Å². The van der Waals surface area contributed by atoms with Crippen LogP contribution in [0, 0.1) is 17.7 Å². The summed E-state index contributed by atoms with van der Waals surface area (Å²) in [4.78, 5) is 0. The van der Waals surface area contributed by atoms with Crippen LogP contribution in [0.25, 0.3) is 0 Å². The molecule has 0 saturated heterocycles. The zero-order chi connectivity index (χ0) is 13.1. The first-order valence-electron chi connectivity index (χ1n) is 6.72. The van der Waals surface area contributed by atoms with Crippen molar-refractivity contribution in [2.75, 3.05) is 0 Å². The van der Waals surface area contributed by atoms with Crippen LogP contribution in [0.15, 0.2) is 18.2 Å². The van der Waals surface area contributed by atoms with E-state index in [1.807, 2.05) is 0 Å². The highest BCUT2D eigenvalue weighted by molar-refractivity contribution is 6.30. The summed E-state index contributed by atoms with van der Waals surface area (Å²) >= 11 is 5.78. The van der Waals surface area contributed by atoms with Crippen LogP contribution in [0.2, 0.25) is 5.02 Å². The van der Waals surface area contributed by atoms with Gasteiger partial charge in [-0.25, -0.2) is 4.39 Å². The van der Waals surface area contributed by atoms with E-state index in [-0.39, 0.29) is 10.8 Å². The van der Waals surface area contributed by atoms with Gasteiger partial charge in [0.2, 0.25) is 0 Å². The standard InChI is InChI=1S/C15H21ClFN/c1-10-6-11(2)8-13(7-10)18-9-12-4-3-5-14(16)15(12)17/h3-5,10-11,13,18H,6-9H2,1-2H3. The lowest BCUT2D eigenvalue weighted by atomic mass is 9.80. The van der Waals surface area contributed by atoms with Gasteiger partial charge in [-0.1, -0.05) is 37.6 Å². The van der Waals surface area contributed by atoms with E-state index in [2.05, 4.69) is 19.2 Å². The van der Waals surface area contributed by atoms with E-state index in [1.165, 1.54) is 19.3 Å². The maximum absolute atomic E-state index is 13.7. The molecule has 0 bridgehead atoms. The fraction of sp³-hybridized carbons (Fsp3) is 0.600. The van der Waals surface area contributed by atoms with Crippen LogP contribution in [-0.2, 0) is 6.54 Å². The molecule has 2 unspecified atom stereocenters. The van der Waals surface area contributed by atoms with Crippen LogP contribution in [-0.4, -0.2) is 6.04 Å². The van der Waals surface area contributed by atoms with Crippen molar-refractivity contribution in [3.63, 3.8) is 0 Å². The molecule has 0 aliphatic heterocycles. The van der Waals surface area contributed by atoms with Crippen LogP contribution >= 0.6 is 11.6 Å². The molecule has 3 heteroatoms. The number of hydrogen-bond acceptors (Lipinski definition) is 1. The van der Waals surface area contributed by atoms with Gasteiger partial charge in [0.1, 0.15) is 5.82 Å². The molecule has 0 radical (unpaired) electrons. The molecule has 2 rings (SSSR count). The number of hydrogen-bond donors (Lipinski definition) is 1. The summed E-state index contributed by atoms with van der Waals surface area (Å²) in [6, 6.07) is 5.69. The summed E-state index contributed by atoms with van der Waals surface area (Å²) in [5, 5.41) is 3.68. The van der Waals surface area contributed by atoms with E-state index in [0.29, 0.717) is 18.2 Å². The molecule has 1 N–H and O–H groups in total. The third-order valence-electron chi connectivity index (χ3n) is 3.79. The second-order valence-electron chi connectivity index (χ2n) is 5.71. The predicted octanol–water partition coefficient (Wildman–Crippen LogP) is 4.39. The molecule has 1 nitrogen and oxygen atoms in total. The third kappa shape index (κ3) is 3.46. The van der Waals surface area contributed by atoms with E-state index < -0.39 is 0 Å². The van der Waals surface area contributed by atoms with Gasteiger partial charge in [0.15, 0.2) is 0 Å². The first-order valence-corrected chi connectivity index (χ1v) is 7.10. The van der Waals surface area contributed by atoms with E-state index in [0.717, 1.165) is 11.8 Å². The van der Waals surface area contributed by atoms with Crippen LogP contribution in [0.4, 0.5) is 4.39 Å². The molecule has 1 aliphatic carbocycles. The van der Waals surface area contributed by atoms with Gasteiger partial charge in [-0.05, 0) is 37.2 Å². The summed E-state index contributed by atoms with van der Waals surface area (Å²) in [6.45, 7) is 5.16. The van der Waals surface area contributed by atoms with Gasteiger partial charge in [-0.3, -0.25) is 0 Å². The highest BCUT2D eigenvalue weighted by Gasteiger charge is 2.23. The first kappa shape index (κ1) is 13.8. The Morgan fingerprint density at radius 1 is 1.22 bits per heavy atom. The largest absolute Gasteiger partial charge is 0.310 e. The molecule has 0 aromatic heterocycles. The SMILES string of the molecule is CC1CC(C)CC(NCc2cccc(Cl)c2F)C1. The molecule has 1 fully saturated rings. The molecule has 0 amide bonds. The van der Waals surface area contributed by atoms with Crippen molar-refractivity contribution in [1.82, 2.24) is 5.32 Å². The summed E-state index contributed by atoms with van der Waals surface area (Å²) in [6.07, 6.45) is 3.68. The van der Waals surface area contributed by atoms with Gasteiger partial charge in [-0.15, -0.1) is 0 Å². The Morgan fingerprint density at radius 3 is 2.56 bits per heavy atom. The molecule has 1 aromatic rings. The molecular weight excluding hydrogens is 249 g/mol. The minimum Gasteiger partial charge on any atom is -0.310 e. The van der Waals surface area contributed by atoms with E-state index in [4.69, 9.17) is 11.6 Å². The van der Waals surface area contributed by atoms with Gasteiger partial charge < -0.3 is 5.32 Å². The van der Waals surface area contributed by atoms with Crippen LogP contribution in [0.3, 0.4) is 0 Å². The van der Waals surface area contributed by atoms with Gasteiger partial charge in [-0.2, -0.15) is 0 Å². The fourth-order valence-corrected chi connectivity index (χ4v) is 3.25. The number of nitrogens with one attached hydrogen (secondary N) is 1. The minimum atomic E-state index is -0.288. The van der Waals surface area contributed by atoms with Crippen LogP contribution in [0.1, 0.15) is 38.7 Å². The average molecular weight is 270 g/mol. The minimum absolute atomic E-state index is 0.208. The predicted molar refractivity (Wildman–Crippen MR) is 74.2 cm³/mol. The highest BCUT2D eigenvalue weighted by atomic mass is 35.5. The lowest BCUT2D eigenvalue weighted by Crippen LogP contribution is -2.36. The maximum Gasteiger partial charge on any atom is 0.146 e. The van der Waals surface area contributed by atoms with Crippen molar-refractivity contribution in [2.45, 2.75) is 45.7 Å². The van der Waals surface area contributed by atoms with Gasteiger partial charge in [0.05, 0.1) is 5.02 Å². The topological polar surface area (TPSA) is 12.0 Å².